The van der Waals surface area contributed by atoms with Crippen molar-refractivity contribution in [1.29, 1.82) is 0 Å². The molecular weight excluding hydrogens is 420 g/mol. The zero-order valence-electron chi connectivity index (χ0n) is 21.4. The number of hydrogen-bond donors (Lipinski definition) is 1. The minimum atomic E-state index is 0.647. The number of nitrogens with zero attached hydrogens (tertiary/aromatic N) is 5. The number of aromatic nitrogens is 4. The molecule has 2 heterocycles. The average molecular weight is 465 g/mol. The molecule has 3 fully saturated rings. The summed E-state index contributed by atoms with van der Waals surface area (Å²) in [6.07, 6.45) is 14.5. The van der Waals surface area contributed by atoms with Crippen molar-refractivity contribution < 1.29 is 0 Å². The summed E-state index contributed by atoms with van der Waals surface area (Å²) in [5.74, 6) is 4.31. The highest BCUT2D eigenvalue weighted by molar-refractivity contribution is 5.75. The molecule has 1 aliphatic heterocycles. The van der Waals surface area contributed by atoms with Gasteiger partial charge in [-0.05, 0) is 72.3 Å². The number of tetrazole rings is 1. The average Bonchev–Trinajstić information content (AvgIpc) is 3.35. The molecule has 1 aromatic carbocycles. The third-order valence-electron chi connectivity index (χ3n) is 8.67. The lowest BCUT2D eigenvalue weighted by Gasteiger charge is -2.42. The van der Waals surface area contributed by atoms with E-state index in [1.807, 2.05) is 0 Å². The smallest absolute Gasteiger partial charge is 0.206 e. The van der Waals surface area contributed by atoms with E-state index >= 15 is 0 Å². The fourth-order valence-corrected chi connectivity index (χ4v) is 6.93. The molecule has 0 radical (unpaired) electrons. The van der Waals surface area contributed by atoms with E-state index < -0.39 is 0 Å². The molecule has 186 valence electrons. The topological polar surface area (TPSA) is 60.9 Å². The number of aromatic amines is 1. The molecule has 3 atom stereocenters. The maximum Gasteiger partial charge on any atom is 0.206 e. The summed E-state index contributed by atoms with van der Waals surface area (Å²) in [5, 5.41) is 15.0. The lowest BCUT2D eigenvalue weighted by atomic mass is 9.69. The van der Waals surface area contributed by atoms with Crippen LogP contribution in [0.4, 0.5) is 5.69 Å². The van der Waals surface area contributed by atoms with Crippen LogP contribution >= 0.6 is 0 Å². The summed E-state index contributed by atoms with van der Waals surface area (Å²) in [7, 11) is 0. The van der Waals surface area contributed by atoms with Gasteiger partial charge in [-0.15, -0.1) is 10.2 Å². The van der Waals surface area contributed by atoms with Gasteiger partial charge in [0.05, 0.1) is 0 Å². The molecule has 0 spiro atoms. The third kappa shape index (κ3) is 5.81. The second-order valence-electron chi connectivity index (χ2n) is 11.7. The van der Waals surface area contributed by atoms with E-state index in [1.165, 1.54) is 75.6 Å². The van der Waals surface area contributed by atoms with Gasteiger partial charge in [0.25, 0.3) is 0 Å². The van der Waals surface area contributed by atoms with Crippen LogP contribution in [0.25, 0.3) is 11.4 Å². The van der Waals surface area contributed by atoms with Crippen LogP contribution in [-0.2, 0) is 6.42 Å². The van der Waals surface area contributed by atoms with Crippen LogP contribution in [0.3, 0.4) is 0 Å². The maximum atomic E-state index is 4.29. The molecule has 1 saturated heterocycles. The summed E-state index contributed by atoms with van der Waals surface area (Å²) >= 11 is 0. The number of hydrogen-bond acceptors (Lipinski definition) is 5. The van der Waals surface area contributed by atoms with E-state index in [9.17, 15) is 0 Å². The fourth-order valence-electron chi connectivity index (χ4n) is 6.93. The van der Waals surface area contributed by atoms with Gasteiger partial charge in [0, 0.05) is 44.0 Å². The number of anilines is 1. The molecule has 5 rings (SSSR count). The van der Waals surface area contributed by atoms with E-state index in [1.54, 1.807) is 0 Å². The van der Waals surface area contributed by atoms with E-state index in [-0.39, 0.29) is 0 Å². The highest BCUT2D eigenvalue weighted by atomic mass is 15.5. The molecule has 34 heavy (non-hydrogen) atoms. The van der Waals surface area contributed by atoms with Crippen molar-refractivity contribution in [2.45, 2.75) is 78.1 Å². The number of nitrogens with one attached hydrogen (secondary N) is 1. The Hall–Kier alpha value is -1.95. The van der Waals surface area contributed by atoms with Crippen LogP contribution in [0.15, 0.2) is 18.2 Å². The van der Waals surface area contributed by atoms with Gasteiger partial charge in [-0.3, -0.25) is 4.90 Å². The Morgan fingerprint density at radius 2 is 1.74 bits per heavy atom. The molecule has 2 aromatic rings. The Bertz CT molecular complexity index is 886. The number of benzene rings is 1. The Kier molecular flexibility index (Phi) is 7.83. The highest BCUT2D eigenvalue weighted by Gasteiger charge is 2.32. The Labute approximate surface area is 205 Å². The van der Waals surface area contributed by atoms with Gasteiger partial charge in [-0.1, -0.05) is 58.4 Å². The number of H-pyrrole nitrogens is 1. The fraction of sp³-hybridized carbons (Fsp3) is 0.750. The second-order valence-corrected chi connectivity index (χ2v) is 11.7. The minimum absolute atomic E-state index is 0.647. The van der Waals surface area contributed by atoms with E-state index in [0.717, 1.165) is 55.9 Å². The lowest BCUT2D eigenvalue weighted by molar-refractivity contribution is 0.112. The van der Waals surface area contributed by atoms with Crippen LogP contribution in [0.5, 0.6) is 0 Å². The van der Waals surface area contributed by atoms with Gasteiger partial charge in [0.15, 0.2) is 0 Å². The summed E-state index contributed by atoms with van der Waals surface area (Å²) in [6, 6.07) is 6.80. The van der Waals surface area contributed by atoms with Crippen molar-refractivity contribution >= 4 is 5.69 Å². The molecule has 6 heteroatoms. The predicted octanol–water partition coefficient (Wildman–Crippen LogP) is 5.57. The van der Waals surface area contributed by atoms with Crippen molar-refractivity contribution in [2.24, 2.45) is 23.7 Å². The zero-order valence-corrected chi connectivity index (χ0v) is 21.4. The van der Waals surface area contributed by atoms with Gasteiger partial charge in [0.1, 0.15) is 0 Å². The van der Waals surface area contributed by atoms with E-state index in [0.29, 0.717) is 11.7 Å². The monoisotopic (exact) mass is 464 g/mol. The Balaban J connectivity index is 1.20. The summed E-state index contributed by atoms with van der Waals surface area (Å²) < 4.78 is 0. The van der Waals surface area contributed by atoms with E-state index in [2.05, 4.69) is 62.5 Å². The molecule has 6 nitrogen and oxygen atoms in total. The summed E-state index contributed by atoms with van der Waals surface area (Å²) in [4.78, 5) is 5.30. The predicted molar refractivity (Wildman–Crippen MR) is 139 cm³/mol. The first kappa shape index (κ1) is 23.8. The Morgan fingerprint density at radius 1 is 0.941 bits per heavy atom. The van der Waals surface area contributed by atoms with Gasteiger partial charge in [0.2, 0.25) is 5.82 Å². The molecule has 3 aliphatic rings. The minimum Gasteiger partial charge on any atom is -0.368 e. The van der Waals surface area contributed by atoms with Crippen LogP contribution in [0, 0.1) is 23.7 Å². The third-order valence-corrected chi connectivity index (χ3v) is 8.67. The first-order chi connectivity index (χ1) is 16.7. The lowest BCUT2D eigenvalue weighted by Crippen LogP contribution is -2.48. The van der Waals surface area contributed by atoms with E-state index in [4.69, 9.17) is 0 Å². The molecule has 2 aliphatic carbocycles. The van der Waals surface area contributed by atoms with Crippen LogP contribution < -0.4 is 4.90 Å². The molecule has 0 amide bonds. The Morgan fingerprint density at radius 3 is 2.47 bits per heavy atom. The zero-order chi connectivity index (χ0) is 23.3. The van der Waals surface area contributed by atoms with Crippen molar-refractivity contribution in [3.63, 3.8) is 0 Å². The highest BCUT2D eigenvalue weighted by Crippen LogP contribution is 2.41. The first-order valence-corrected chi connectivity index (χ1v) is 14.0. The van der Waals surface area contributed by atoms with Crippen molar-refractivity contribution in [2.75, 3.05) is 37.6 Å². The molecule has 3 unspecified atom stereocenters. The largest absolute Gasteiger partial charge is 0.368 e. The SMILES string of the molecule is CC(C)Cc1ccc(-c2nn[nH]n2)c(N2CCN(CC3CCC4CCCCCCC4C3)CC2)c1. The number of fused-ring (bicyclic) bond motifs is 1. The molecule has 1 aromatic heterocycles. The number of piperazine rings is 1. The molecule has 2 saturated carbocycles. The van der Waals surface area contributed by atoms with Gasteiger partial charge in [-0.25, -0.2) is 0 Å². The quantitative estimate of drug-likeness (QED) is 0.605. The van der Waals surface area contributed by atoms with Gasteiger partial charge < -0.3 is 4.90 Å². The van der Waals surface area contributed by atoms with Crippen LogP contribution in [-0.4, -0.2) is 58.2 Å². The molecular formula is C28H44N6. The van der Waals surface area contributed by atoms with Crippen molar-refractivity contribution in [1.82, 2.24) is 25.5 Å². The standard InChI is InChI=1S/C28H44N6/c1-21(2)17-22-10-12-26(28-29-31-32-30-28)27(19-22)34-15-13-33(14-16-34)20-23-9-11-24-7-5-3-4-6-8-25(24)18-23/h10,12,19,21,23-25H,3-9,11,13-18,20H2,1-2H3,(H,29,30,31,32). The second kappa shape index (κ2) is 11.2. The van der Waals surface area contributed by atoms with Crippen molar-refractivity contribution in [3.05, 3.63) is 23.8 Å². The van der Waals surface area contributed by atoms with Crippen LogP contribution in [0.2, 0.25) is 0 Å². The molecule has 0 bridgehead atoms. The van der Waals surface area contributed by atoms with Gasteiger partial charge >= 0.3 is 0 Å². The molecule has 1 N–H and O–H groups in total. The van der Waals surface area contributed by atoms with Gasteiger partial charge in [-0.2, -0.15) is 5.21 Å². The van der Waals surface area contributed by atoms with Crippen molar-refractivity contribution in [3.8, 4) is 11.4 Å². The first-order valence-electron chi connectivity index (χ1n) is 14.0. The summed E-state index contributed by atoms with van der Waals surface area (Å²) in [6.45, 7) is 10.4. The maximum absolute atomic E-state index is 4.29. The van der Waals surface area contributed by atoms with Crippen LogP contribution in [0.1, 0.15) is 77.2 Å². The normalized spacial score (nSPS) is 26.8. The summed E-state index contributed by atoms with van der Waals surface area (Å²) in [5.41, 5.74) is 3.77. The number of rotatable bonds is 6.